The van der Waals surface area contributed by atoms with Gasteiger partial charge in [0.05, 0.1) is 18.4 Å². The maximum atomic E-state index is 12.3. The normalized spacial score (nSPS) is 12.1. The quantitative estimate of drug-likeness (QED) is 0.557. The fourth-order valence-corrected chi connectivity index (χ4v) is 2.74. The van der Waals surface area contributed by atoms with E-state index < -0.39 is 5.63 Å². The number of benzene rings is 2. The summed E-state index contributed by atoms with van der Waals surface area (Å²) in [5, 5.41) is 11.1. The van der Waals surface area contributed by atoms with Crippen LogP contribution in [-0.4, -0.2) is 12.2 Å². The second kappa shape index (κ2) is 6.73. The number of para-hydroxylation sites is 1. The lowest BCUT2D eigenvalue weighted by atomic mass is 10.0. The molecule has 0 unspecified atom stereocenters. The second-order valence-corrected chi connectivity index (χ2v) is 5.77. The highest BCUT2D eigenvalue weighted by Gasteiger charge is 2.16. The molecule has 3 rings (SSSR count). The zero-order valence-corrected chi connectivity index (χ0v) is 14.1. The van der Waals surface area contributed by atoms with Gasteiger partial charge in [-0.05, 0) is 36.8 Å². The molecule has 0 atom stereocenters. The lowest BCUT2D eigenvalue weighted by molar-refractivity contribution is 0.400. The van der Waals surface area contributed by atoms with Gasteiger partial charge in [0.1, 0.15) is 17.1 Å². The van der Waals surface area contributed by atoms with E-state index in [-0.39, 0.29) is 17.7 Å². The van der Waals surface area contributed by atoms with Gasteiger partial charge in [-0.15, -0.1) is 0 Å². The lowest BCUT2D eigenvalue weighted by Gasteiger charge is -2.10. The molecule has 0 radical (unpaired) electrons. The molecular weight excluding hydrogens is 318 g/mol. The first-order valence-electron chi connectivity index (χ1n) is 7.84. The first kappa shape index (κ1) is 16.6. The summed E-state index contributed by atoms with van der Waals surface area (Å²) < 4.78 is 10.4. The summed E-state index contributed by atoms with van der Waals surface area (Å²) in [6.45, 7) is 1.66. The Labute approximate surface area is 145 Å². The van der Waals surface area contributed by atoms with Gasteiger partial charge in [-0.1, -0.05) is 24.3 Å². The predicted molar refractivity (Wildman–Crippen MR) is 98.8 cm³/mol. The van der Waals surface area contributed by atoms with Crippen molar-refractivity contribution in [2.24, 2.45) is 0 Å². The molecule has 0 spiro atoms. The van der Waals surface area contributed by atoms with E-state index in [0.29, 0.717) is 22.2 Å². The highest BCUT2D eigenvalue weighted by atomic mass is 16.5. The van der Waals surface area contributed by atoms with Crippen molar-refractivity contribution in [2.45, 2.75) is 13.3 Å². The molecule has 5 nitrogen and oxygen atoms in total. The number of hydrogen-bond acceptors (Lipinski definition) is 5. The van der Waals surface area contributed by atoms with Crippen molar-refractivity contribution >= 4 is 22.2 Å². The Morgan fingerprint density at radius 1 is 1.16 bits per heavy atom. The zero-order valence-electron chi connectivity index (χ0n) is 14.1. The molecule has 128 valence electrons. The molecule has 5 heteroatoms. The number of rotatable bonds is 4. The summed E-state index contributed by atoms with van der Waals surface area (Å²) >= 11 is 0. The third-order valence-corrected chi connectivity index (χ3v) is 4.19. The first-order valence-corrected chi connectivity index (χ1v) is 7.84. The van der Waals surface area contributed by atoms with Crippen molar-refractivity contribution in [1.29, 1.82) is 0 Å². The van der Waals surface area contributed by atoms with Crippen molar-refractivity contribution in [1.82, 2.24) is 0 Å². The standard InChI is InChI=1S/C20H19NO4/c1-12(16(22)11-13-7-9-14(24-2)10-8-13)18-19(21)15-5-3-4-6-17(15)25-20(18)23/h3-10,22H,11,21H2,1-2H3/b16-12-. The molecule has 2 aromatic carbocycles. The number of allylic oxidation sites excluding steroid dienone is 2. The summed E-state index contributed by atoms with van der Waals surface area (Å²) in [6, 6.07) is 14.4. The maximum Gasteiger partial charge on any atom is 0.346 e. The van der Waals surface area contributed by atoms with Crippen LogP contribution < -0.4 is 16.1 Å². The van der Waals surface area contributed by atoms with E-state index >= 15 is 0 Å². The molecule has 1 aromatic heterocycles. The number of fused-ring (bicyclic) bond motifs is 1. The van der Waals surface area contributed by atoms with Crippen LogP contribution in [0.1, 0.15) is 18.1 Å². The second-order valence-electron chi connectivity index (χ2n) is 5.77. The van der Waals surface area contributed by atoms with E-state index in [1.54, 1.807) is 32.2 Å². The van der Waals surface area contributed by atoms with Crippen LogP contribution >= 0.6 is 0 Å². The van der Waals surface area contributed by atoms with Crippen molar-refractivity contribution in [3.8, 4) is 5.75 Å². The smallest absolute Gasteiger partial charge is 0.346 e. The van der Waals surface area contributed by atoms with Gasteiger partial charge in [0.2, 0.25) is 0 Å². The Kier molecular flexibility index (Phi) is 4.48. The number of nitrogen functional groups attached to an aromatic ring is 1. The van der Waals surface area contributed by atoms with E-state index in [9.17, 15) is 9.90 Å². The number of aliphatic hydroxyl groups excluding tert-OH is 1. The third-order valence-electron chi connectivity index (χ3n) is 4.19. The number of ether oxygens (including phenoxy) is 1. The minimum atomic E-state index is -0.560. The maximum absolute atomic E-state index is 12.3. The van der Waals surface area contributed by atoms with Gasteiger partial charge in [0.15, 0.2) is 0 Å². The Bertz CT molecular complexity index is 1000. The van der Waals surface area contributed by atoms with Crippen LogP contribution in [0, 0.1) is 0 Å². The molecule has 0 saturated heterocycles. The number of methoxy groups -OCH3 is 1. The molecule has 0 amide bonds. The van der Waals surface area contributed by atoms with Gasteiger partial charge < -0.3 is 20.0 Å². The van der Waals surface area contributed by atoms with E-state index in [0.717, 1.165) is 11.3 Å². The predicted octanol–water partition coefficient (Wildman–Crippen LogP) is 3.92. The molecule has 0 aliphatic rings. The van der Waals surface area contributed by atoms with Gasteiger partial charge in [0.25, 0.3) is 0 Å². The highest BCUT2D eigenvalue weighted by Crippen LogP contribution is 2.28. The van der Waals surface area contributed by atoms with Crippen LogP contribution in [0.3, 0.4) is 0 Å². The zero-order chi connectivity index (χ0) is 18.0. The van der Waals surface area contributed by atoms with Crippen molar-refractivity contribution in [2.75, 3.05) is 12.8 Å². The lowest BCUT2D eigenvalue weighted by Crippen LogP contribution is -2.11. The largest absolute Gasteiger partial charge is 0.512 e. The molecule has 3 aromatic rings. The Balaban J connectivity index is 2.03. The fraction of sp³-hybridized carbons (Fsp3) is 0.150. The van der Waals surface area contributed by atoms with Gasteiger partial charge in [-0.2, -0.15) is 0 Å². The Morgan fingerprint density at radius 2 is 1.84 bits per heavy atom. The van der Waals surface area contributed by atoms with Crippen LogP contribution in [0.4, 0.5) is 5.69 Å². The van der Waals surface area contributed by atoms with E-state index in [2.05, 4.69) is 0 Å². The molecule has 0 aliphatic heterocycles. The van der Waals surface area contributed by atoms with Crippen LogP contribution in [0.2, 0.25) is 0 Å². The summed E-state index contributed by atoms with van der Waals surface area (Å²) in [7, 11) is 1.60. The monoisotopic (exact) mass is 337 g/mol. The van der Waals surface area contributed by atoms with Crippen LogP contribution in [0.25, 0.3) is 16.5 Å². The van der Waals surface area contributed by atoms with Gasteiger partial charge in [-0.25, -0.2) is 4.79 Å². The highest BCUT2D eigenvalue weighted by molar-refractivity contribution is 5.94. The Hall–Kier alpha value is -3.21. The first-order chi connectivity index (χ1) is 12.0. The number of nitrogens with two attached hydrogens (primary N) is 1. The average Bonchev–Trinajstić information content (AvgIpc) is 2.62. The van der Waals surface area contributed by atoms with Crippen LogP contribution in [0.5, 0.6) is 5.75 Å². The van der Waals surface area contributed by atoms with Gasteiger partial charge >= 0.3 is 5.63 Å². The number of hydrogen-bond donors (Lipinski definition) is 2. The fourth-order valence-electron chi connectivity index (χ4n) is 2.74. The minimum absolute atomic E-state index is 0.0689. The summed E-state index contributed by atoms with van der Waals surface area (Å²) in [5.41, 5.74) is 7.84. The topological polar surface area (TPSA) is 85.7 Å². The van der Waals surface area contributed by atoms with Crippen LogP contribution in [0.15, 0.2) is 63.5 Å². The van der Waals surface area contributed by atoms with Gasteiger partial charge in [-0.3, -0.25) is 0 Å². The molecule has 0 bridgehead atoms. The molecule has 3 N–H and O–H groups in total. The molecule has 0 saturated carbocycles. The summed E-state index contributed by atoms with van der Waals surface area (Å²) in [4.78, 5) is 12.3. The molecular formula is C20H19NO4. The van der Waals surface area contributed by atoms with Gasteiger partial charge in [0, 0.05) is 17.4 Å². The number of anilines is 1. The molecule has 25 heavy (non-hydrogen) atoms. The van der Waals surface area contributed by atoms with E-state index in [1.807, 2.05) is 30.3 Å². The van der Waals surface area contributed by atoms with Crippen LogP contribution in [-0.2, 0) is 6.42 Å². The molecule has 1 heterocycles. The van der Waals surface area contributed by atoms with Crippen molar-refractivity contribution in [3.63, 3.8) is 0 Å². The molecule has 0 fully saturated rings. The average molecular weight is 337 g/mol. The SMILES string of the molecule is COc1ccc(C/C(O)=C(\C)c2c(N)c3ccccc3oc2=O)cc1. The van der Waals surface area contributed by atoms with E-state index in [4.69, 9.17) is 14.9 Å². The third kappa shape index (κ3) is 3.21. The van der Waals surface area contributed by atoms with Crippen molar-refractivity contribution in [3.05, 3.63) is 75.8 Å². The number of aliphatic hydroxyl groups is 1. The van der Waals surface area contributed by atoms with E-state index in [1.165, 1.54) is 0 Å². The van der Waals surface area contributed by atoms with Crippen molar-refractivity contribution < 1.29 is 14.3 Å². The summed E-state index contributed by atoms with van der Waals surface area (Å²) in [6.07, 6.45) is 0.279. The molecule has 0 aliphatic carbocycles. The minimum Gasteiger partial charge on any atom is -0.512 e. The Morgan fingerprint density at radius 3 is 2.52 bits per heavy atom. The summed E-state index contributed by atoms with van der Waals surface area (Å²) in [5.74, 6) is 0.808.